The zero-order valence-corrected chi connectivity index (χ0v) is 16.5. The molecule has 1 aromatic heterocycles. The van der Waals surface area contributed by atoms with E-state index in [9.17, 15) is 14.3 Å². The van der Waals surface area contributed by atoms with Crippen LogP contribution in [0.15, 0.2) is 41.2 Å². The fraction of sp³-hybridized carbons (Fsp3) is 0.458. The Bertz CT molecular complexity index is 957. The molecule has 2 aromatic rings. The Labute approximate surface area is 170 Å². The van der Waals surface area contributed by atoms with E-state index < -0.39 is 18.3 Å². The van der Waals surface area contributed by atoms with Crippen LogP contribution in [-0.2, 0) is 18.4 Å². The van der Waals surface area contributed by atoms with Gasteiger partial charge in [-0.15, -0.1) is 6.42 Å². The number of piperidine rings is 3. The number of fused-ring (bicyclic) bond motifs is 3. The largest absolute Gasteiger partial charge is 0.382 e. The van der Waals surface area contributed by atoms with Gasteiger partial charge in [0, 0.05) is 23.9 Å². The maximum Gasteiger partial charge on any atom is 0.188 e. The van der Waals surface area contributed by atoms with Crippen LogP contribution in [0.4, 0.5) is 4.39 Å². The van der Waals surface area contributed by atoms with Crippen LogP contribution in [0, 0.1) is 18.3 Å². The molecule has 0 amide bonds. The summed E-state index contributed by atoms with van der Waals surface area (Å²) in [7, 11) is 0. The molecule has 5 rings (SSSR count). The van der Waals surface area contributed by atoms with Crippen molar-refractivity contribution in [3.63, 3.8) is 0 Å². The topological polar surface area (TPSA) is 56.3 Å². The molecule has 3 fully saturated rings. The number of nitrogens with one attached hydrogen (secondary N) is 1. The van der Waals surface area contributed by atoms with E-state index in [0.29, 0.717) is 36.2 Å². The molecular weight excluding hydrogens is 367 g/mol. The molecule has 4 heterocycles. The predicted octanol–water partition coefficient (Wildman–Crippen LogP) is 2.78. The monoisotopic (exact) mass is 394 g/mol. The fourth-order valence-corrected chi connectivity index (χ4v) is 5.11. The van der Waals surface area contributed by atoms with Crippen molar-refractivity contribution in [2.45, 2.75) is 43.7 Å². The summed E-state index contributed by atoms with van der Waals surface area (Å²) in [5, 5.41) is 11.9. The predicted molar refractivity (Wildman–Crippen MR) is 111 cm³/mol. The van der Waals surface area contributed by atoms with Crippen LogP contribution in [0.25, 0.3) is 0 Å². The van der Waals surface area contributed by atoms with Gasteiger partial charge in [-0.1, -0.05) is 36.3 Å². The van der Waals surface area contributed by atoms with E-state index in [4.69, 9.17) is 6.42 Å². The van der Waals surface area contributed by atoms with Gasteiger partial charge in [0.1, 0.15) is 11.6 Å². The van der Waals surface area contributed by atoms with Crippen LogP contribution in [0.1, 0.15) is 41.8 Å². The van der Waals surface area contributed by atoms with Gasteiger partial charge < -0.3 is 10.1 Å². The van der Waals surface area contributed by atoms with Crippen LogP contribution in [0.2, 0.25) is 0 Å². The van der Waals surface area contributed by atoms with Gasteiger partial charge in [-0.3, -0.25) is 14.1 Å². The van der Waals surface area contributed by atoms with Gasteiger partial charge >= 0.3 is 0 Å². The number of pyridine rings is 1. The second-order valence-electron chi connectivity index (χ2n) is 8.17. The Hall–Kier alpha value is -2.42. The third kappa shape index (κ3) is 3.52. The first-order valence-electron chi connectivity index (χ1n) is 10.4. The highest BCUT2D eigenvalue weighted by Crippen LogP contribution is 2.46. The Balaban J connectivity index is 1.85. The molecule has 0 spiro atoms. The third-order valence-electron chi connectivity index (χ3n) is 6.46. The molecule has 2 bridgehead atoms. The summed E-state index contributed by atoms with van der Waals surface area (Å²) in [5.41, 5.74) is 1.23. The Morgan fingerprint density at radius 3 is 2.66 bits per heavy atom. The number of benzene rings is 1. The van der Waals surface area contributed by atoms with Crippen molar-refractivity contribution in [1.82, 2.24) is 9.88 Å². The molecule has 2 N–H and O–H groups in total. The lowest BCUT2D eigenvalue weighted by atomic mass is 9.66. The minimum Gasteiger partial charge on any atom is -0.382 e. The minimum absolute atomic E-state index is 0.0409. The molecule has 152 valence electrons. The van der Waals surface area contributed by atoms with Crippen molar-refractivity contribution in [2.75, 3.05) is 19.8 Å². The average Bonchev–Trinajstić information content (AvgIpc) is 2.73. The first-order valence-corrected chi connectivity index (χ1v) is 10.4. The van der Waals surface area contributed by atoms with E-state index in [2.05, 4.69) is 15.8 Å². The van der Waals surface area contributed by atoms with Gasteiger partial charge in [-0.2, -0.15) is 0 Å². The lowest BCUT2D eigenvalue weighted by Crippen LogP contribution is -2.64. The fourth-order valence-electron chi connectivity index (χ4n) is 5.11. The standard InChI is InChI=1S/C24H27FN2O2/c1-2-22-24(29,18-10-13-27(22)14-11-18)23-20(15-17-7-4-3-5-8-17)26-19(9-6-12-25)16-21(23)28/h1,3-5,7-8,16,18,22,29H,6,9-15H2,(H,26,28)/t22?,24-/m0/s1. The van der Waals surface area contributed by atoms with Gasteiger partial charge in [0.25, 0.3) is 0 Å². The molecule has 1 unspecified atom stereocenters. The first kappa shape index (κ1) is 19.9. The van der Waals surface area contributed by atoms with E-state index in [0.717, 1.165) is 31.5 Å². The molecule has 29 heavy (non-hydrogen) atoms. The number of aryl methyl sites for hydroxylation is 1. The van der Waals surface area contributed by atoms with Crippen molar-refractivity contribution < 1.29 is 9.50 Å². The Kier molecular flexibility index (Phi) is 5.58. The molecule has 0 aliphatic carbocycles. The quantitative estimate of drug-likeness (QED) is 0.741. The molecule has 0 radical (unpaired) electrons. The van der Waals surface area contributed by atoms with E-state index in [1.807, 2.05) is 30.3 Å². The number of halogens is 1. The SMILES string of the molecule is C#CC1N2CCC(CC2)[C@@]1(O)c1c(Cc2ccccc2)[nH]c(CCCF)cc1=O. The van der Waals surface area contributed by atoms with Gasteiger partial charge in [-0.05, 0) is 50.3 Å². The van der Waals surface area contributed by atoms with Crippen LogP contribution >= 0.6 is 0 Å². The zero-order chi connectivity index (χ0) is 20.4. The summed E-state index contributed by atoms with van der Waals surface area (Å²) in [4.78, 5) is 18.8. The minimum atomic E-state index is -1.37. The van der Waals surface area contributed by atoms with Crippen molar-refractivity contribution in [1.29, 1.82) is 0 Å². The van der Waals surface area contributed by atoms with Crippen LogP contribution in [-0.4, -0.2) is 40.8 Å². The Morgan fingerprint density at radius 1 is 1.28 bits per heavy atom. The molecule has 1 aromatic carbocycles. The lowest BCUT2D eigenvalue weighted by molar-refractivity contribution is -0.144. The number of aromatic amines is 1. The van der Waals surface area contributed by atoms with E-state index >= 15 is 0 Å². The maximum atomic E-state index is 13.3. The van der Waals surface area contributed by atoms with Gasteiger partial charge in [-0.25, -0.2) is 0 Å². The number of aliphatic hydroxyl groups is 1. The first-order chi connectivity index (χ1) is 14.1. The summed E-state index contributed by atoms with van der Waals surface area (Å²) in [6, 6.07) is 10.8. The van der Waals surface area contributed by atoms with Crippen LogP contribution in [0.3, 0.4) is 0 Å². The van der Waals surface area contributed by atoms with Gasteiger partial charge in [0.05, 0.1) is 12.2 Å². The number of aromatic nitrogens is 1. The highest BCUT2D eigenvalue weighted by atomic mass is 19.1. The molecule has 4 nitrogen and oxygen atoms in total. The lowest BCUT2D eigenvalue weighted by Gasteiger charge is -2.54. The third-order valence-corrected chi connectivity index (χ3v) is 6.46. The number of rotatable bonds is 6. The Morgan fingerprint density at radius 2 is 2.00 bits per heavy atom. The number of alkyl halides is 1. The number of hydrogen-bond donors (Lipinski definition) is 2. The molecular formula is C24H27FN2O2. The number of terminal acetylenes is 1. The molecule has 0 saturated carbocycles. The second kappa shape index (κ2) is 8.14. The summed E-state index contributed by atoms with van der Waals surface area (Å²) in [5.74, 6) is 2.72. The molecule has 3 aliphatic rings. The van der Waals surface area contributed by atoms with Crippen LogP contribution < -0.4 is 5.43 Å². The summed E-state index contributed by atoms with van der Waals surface area (Å²) >= 11 is 0. The highest BCUT2D eigenvalue weighted by Gasteiger charge is 2.55. The highest BCUT2D eigenvalue weighted by molar-refractivity contribution is 5.39. The number of H-pyrrole nitrogens is 1. The smallest absolute Gasteiger partial charge is 0.188 e. The van der Waals surface area contributed by atoms with Gasteiger partial charge in [0.2, 0.25) is 0 Å². The van der Waals surface area contributed by atoms with Crippen LogP contribution in [0.5, 0.6) is 0 Å². The molecule has 5 heteroatoms. The molecule has 3 aliphatic heterocycles. The van der Waals surface area contributed by atoms with Crippen molar-refractivity contribution in [2.24, 2.45) is 5.92 Å². The number of hydrogen-bond acceptors (Lipinski definition) is 3. The van der Waals surface area contributed by atoms with Crippen molar-refractivity contribution in [3.05, 3.63) is 69.1 Å². The summed E-state index contributed by atoms with van der Waals surface area (Å²) in [6.07, 6.45) is 8.79. The van der Waals surface area contributed by atoms with E-state index in [1.165, 1.54) is 6.07 Å². The maximum absolute atomic E-state index is 13.3. The number of nitrogens with zero attached hydrogens (tertiary/aromatic N) is 1. The average molecular weight is 394 g/mol. The van der Waals surface area contributed by atoms with Crippen molar-refractivity contribution >= 4 is 0 Å². The van der Waals surface area contributed by atoms with E-state index in [1.54, 1.807) is 0 Å². The van der Waals surface area contributed by atoms with E-state index in [-0.39, 0.29) is 11.3 Å². The second-order valence-corrected chi connectivity index (χ2v) is 8.17. The molecule has 2 atom stereocenters. The molecule has 3 saturated heterocycles. The van der Waals surface area contributed by atoms with Crippen molar-refractivity contribution in [3.8, 4) is 12.3 Å². The summed E-state index contributed by atoms with van der Waals surface area (Å²) < 4.78 is 12.7. The zero-order valence-electron chi connectivity index (χ0n) is 16.5. The van der Waals surface area contributed by atoms with Gasteiger partial charge in [0.15, 0.2) is 5.43 Å². The normalized spacial score (nSPS) is 28.2. The summed E-state index contributed by atoms with van der Waals surface area (Å²) in [6.45, 7) is 1.27.